The summed E-state index contributed by atoms with van der Waals surface area (Å²) in [5, 5.41) is 9.98. The Morgan fingerprint density at radius 3 is 2.67 bits per heavy atom. The molecule has 0 spiro atoms. The third-order valence-corrected chi connectivity index (χ3v) is 7.29. The predicted molar refractivity (Wildman–Crippen MR) is 100 cm³/mol. The molecule has 4 heteroatoms. The van der Waals surface area contributed by atoms with Gasteiger partial charge in [0.2, 0.25) is 0 Å². The lowest BCUT2D eigenvalue weighted by Gasteiger charge is -2.33. The molecule has 1 fully saturated rings. The molecule has 0 aromatic carbocycles. The van der Waals surface area contributed by atoms with Crippen LogP contribution in [0.3, 0.4) is 0 Å². The first-order chi connectivity index (χ1) is 11.3. The van der Waals surface area contributed by atoms with Crippen molar-refractivity contribution in [2.24, 2.45) is 11.3 Å². The topological polar surface area (TPSA) is 40.5 Å². The highest BCUT2D eigenvalue weighted by Gasteiger charge is 2.37. The summed E-state index contributed by atoms with van der Waals surface area (Å²) in [6, 6.07) is 0. The van der Waals surface area contributed by atoms with Crippen LogP contribution in [0, 0.1) is 11.3 Å². The van der Waals surface area contributed by atoms with Gasteiger partial charge < -0.3 is 10.0 Å². The van der Waals surface area contributed by atoms with Gasteiger partial charge in [-0.3, -0.25) is 0 Å². The Labute approximate surface area is 150 Å². The van der Waals surface area contributed by atoms with E-state index < -0.39 is 5.97 Å². The lowest BCUT2D eigenvalue weighted by molar-refractivity contribution is 0.0692. The van der Waals surface area contributed by atoms with Gasteiger partial charge in [0.15, 0.2) is 0 Å². The minimum atomic E-state index is -0.700. The van der Waals surface area contributed by atoms with Gasteiger partial charge in [0, 0.05) is 16.3 Å². The zero-order valence-corrected chi connectivity index (χ0v) is 16.3. The number of fused-ring (bicyclic) bond motifs is 1. The second-order valence-electron chi connectivity index (χ2n) is 8.80. The van der Waals surface area contributed by atoms with Crippen LogP contribution < -0.4 is 0 Å². The smallest absolute Gasteiger partial charge is 0.337 e. The highest BCUT2D eigenvalue weighted by Crippen LogP contribution is 2.48. The summed E-state index contributed by atoms with van der Waals surface area (Å²) in [5.74, 6) is 0.334. The van der Waals surface area contributed by atoms with Crippen LogP contribution in [0.4, 0.5) is 0 Å². The van der Waals surface area contributed by atoms with Crippen molar-refractivity contribution in [1.82, 2.24) is 4.90 Å². The van der Waals surface area contributed by atoms with E-state index in [1.807, 2.05) is 11.3 Å². The second-order valence-corrected chi connectivity index (χ2v) is 9.94. The van der Waals surface area contributed by atoms with Crippen LogP contribution in [0.5, 0.6) is 0 Å². The fraction of sp³-hybridized carbons (Fsp3) is 0.750. The molecule has 0 radical (unpaired) electrons. The molecule has 1 N–H and O–H groups in total. The van der Waals surface area contributed by atoms with E-state index in [0.29, 0.717) is 17.4 Å². The van der Waals surface area contributed by atoms with Gasteiger partial charge in [0.05, 0.1) is 5.56 Å². The molecule has 0 unspecified atom stereocenters. The number of aryl methyl sites for hydroxylation is 1. The molecule has 1 aromatic heterocycles. The summed E-state index contributed by atoms with van der Waals surface area (Å²) in [6.07, 6.45) is 8.06. The molecule has 134 valence electrons. The third kappa shape index (κ3) is 3.55. The van der Waals surface area contributed by atoms with Crippen molar-refractivity contribution in [2.45, 2.75) is 64.7 Å². The van der Waals surface area contributed by atoms with Crippen molar-refractivity contribution >= 4 is 17.3 Å². The normalized spacial score (nSPS) is 26.4. The Balaban J connectivity index is 2.00. The number of hydrogen-bond donors (Lipinski definition) is 1. The number of carbonyl (C=O) groups is 1. The largest absolute Gasteiger partial charge is 0.478 e. The Kier molecular flexibility index (Phi) is 5.08. The van der Waals surface area contributed by atoms with E-state index >= 15 is 0 Å². The molecule has 0 saturated heterocycles. The molecule has 1 aromatic rings. The lowest BCUT2D eigenvalue weighted by Crippen LogP contribution is -2.29. The van der Waals surface area contributed by atoms with E-state index in [1.165, 1.54) is 35.4 Å². The SMILES string of the molecule is CN(C)C[C@@H]1CCCC[C@H]1c1sc2c(c1C(=O)O)CC(C)(C)CC2. The number of nitrogens with zero attached hydrogens (tertiary/aromatic N) is 1. The minimum absolute atomic E-state index is 0.227. The lowest BCUT2D eigenvalue weighted by atomic mass is 9.73. The number of hydrogen-bond acceptors (Lipinski definition) is 3. The van der Waals surface area contributed by atoms with Gasteiger partial charge in [-0.05, 0) is 69.0 Å². The maximum absolute atomic E-state index is 12.1. The van der Waals surface area contributed by atoms with Gasteiger partial charge in [-0.15, -0.1) is 11.3 Å². The maximum Gasteiger partial charge on any atom is 0.337 e. The van der Waals surface area contributed by atoms with Crippen LogP contribution in [-0.4, -0.2) is 36.6 Å². The zero-order valence-electron chi connectivity index (χ0n) is 15.5. The maximum atomic E-state index is 12.1. The Hall–Kier alpha value is -0.870. The van der Waals surface area contributed by atoms with Gasteiger partial charge in [-0.2, -0.15) is 0 Å². The minimum Gasteiger partial charge on any atom is -0.478 e. The van der Waals surface area contributed by atoms with E-state index in [1.54, 1.807) is 0 Å². The molecule has 1 saturated carbocycles. The highest BCUT2D eigenvalue weighted by atomic mass is 32.1. The first-order valence-corrected chi connectivity index (χ1v) is 10.1. The fourth-order valence-electron chi connectivity index (χ4n) is 4.68. The average molecular weight is 350 g/mol. The van der Waals surface area contributed by atoms with Gasteiger partial charge in [0.25, 0.3) is 0 Å². The van der Waals surface area contributed by atoms with Crippen molar-refractivity contribution in [3.05, 3.63) is 20.9 Å². The van der Waals surface area contributed by atoms with E-state index in [4.69, 9.17) is 0 Å². The summed E-state index contributed by atoms with van der Waals surface area (Å²) >= 11 is 1.83. The predicted octanol–water partition coefficient (Wildman–Crippen LogP) is 4.80. The molecule has 1 heterocycles. The molecule has 2 atom stereocenters. The molecule has 2 aliphatic carbocycles. The monoisotopic (exact) mass is 349 g/mol. The molecule has 24 heavy (non-hydrogen) atoms. The van der Waals surface area contributed by atoms with Crippen molar-refractivity contribution in [2.75, 3.05) is 20.6 Å². The van der Waals surface area contributed by atoms with E-state index in [0.717, 1.165) is 31.4 Å². The Morgan fingerprint density at radius 2 is 2.00 bits per heavy atom. The van der Waals surface area contributed by atoms with Crippen LogP contribution in [0.15, 0.2) is 0 Å². The number of aromatic carboxylic acids is 1. The fourth-order valence-corrected chi connectivity index (χ4v) is 6.22. The van der Waals surface area contributed by atoms with E-state index in [-0.39, 0.29) is 5.41 Å². The molecule has 2 aliphatic rings. The van der Waals surface area contributed by atoms with Gasteiger partial charge >= 0.3 is 5.97 Å². The van der Waals surface area contributed by atoms with E-state index in [2.05, 4.69) is 32.8 Å². The molecule has 0 amide bonds. The van der Waals surface area contributed by atoms with Crippen molar-refractivity contribution < 1.29 is 9.90 Å². The number of carboxylic acids is 1. The van der Waals surface area contributed by atoms with Crippen molar-refractivity contribution in [3.63, 3.8) is 0 Å². The van der Waals surface area contributed by atoms with Crippen LogP contribution in [-0.2, 0) is 12.8 Å². The average Bonchev–Trinajstić information content (AvgIpc) is 2.84. The van der Waals surface area contributed by atoms with Crippen LogP contribution >= 0.6 is 11.3 Å². The van der Waals surface area contributed by atoms with Crippen molar-refractivity contribution in [1.29, 1.82) is 0 Å². The van der Waals surface area contributed by atoms with E-state index in [9.17, 15) is 9.90 Å². The summed E-state index contributed by atoms with van der Waals surface area (Å²) in [6.45, 7) is 5.61. The van der Waals surface area contributed by atoms with Gasteiger partial charge in [-0.25, -0.2) is 4.79 Å². The zero-order chi connectivity index (χ0) is 17.5. The van der Waals surface area contributed by atoms with Crippen LogP contribution in [0.1, 0.15) is 77.5 Å². The van der Waals surface area contributed by atoms with Crippen LogP contribution in [0.25, 0.3) is 0 Å². The first-order valence-electron chi connectivity index (χ1n) is 9.31. The summed E-state index contributed by atoms with van der Waals surface area (Å²) in [7, 11) is 4.26. The molecule has 3 rings (SSSR count). The second kappa shape index (κ2) is 6.80. The Bertz CT molecular complexity index is 617. The quantitative estimate of drug-likeness (QED) is 0.849. The molecular formula is C20H31NO2S. The summed E-state index contributed by atoms with van der Waals surface area (Å²) in [5.41, 5.74) is 2.07. The highest BCUT2D eigenvalue weighted by molar-refractivity contribution is 7.12. The van der Waals surface area contributed by atoms with Crippen molar-refractivity contribution in [3.8, 4) is 0 Å². The van der Waals surface area contributed by atoms with Crippen LogP contribution in [0.2, 0.25) is 0 Å². The number of rotatable bonds is 4. The summed E-state index contributed by atoms with van der Waals surface area (Å²) < 4.78 is 0. The molecule has 0 aliphatic heterocycles. The third-order valence-electron chi connectivity index (χ3n) is 5.86. The van der Waals surface area contributed by atoms with Gasteiger partial charge in [0.1, 0.15) is 0 Å². The standard InChI is InChI=1S/C20H31NO2S/c1-20(2)10-9-16-15(11-20)17(19(22)23)18(24-16)14-8-6-5-7-13(14)12-21(3)4/h13-14H,5-12H2,1-4H3,(H,22,23)/t13-,14+/m0/s1. The molecule has 3 nitrogen and oxygen atoms in total. The number of carboxylic acid groups (broad SMARTS) is 1. The summed E-state index contributed by atoms with van der Waals surface area (Å²) in [4.78, 5) is 16.9. The Morgan fingerprint density at radius 1 is 1.29 bits per heavy atom. The number of thiophene rings is 1. The first kappa shape index (κ1) is 17.9. The molecule has 0 bridgehead atoms. The molecular weight excluding hydrogens is 318 g/mol. The van der Waals surface area contributed by atoms with Gasteiger partial charge in [-0.1, -0.05) is 26.7 Å².